The highest BCUT2D eigenvalue weighted by molar-refractivity contribution is 5.95. The average Bonchev–Trinajstić information content (AvgIpc) is 2.60. The number of hydrogen-bond donors (Lipinski definition) is 1. The highest BCUT2D eigenvalue weighted by Gasteiger charge is 2.23. The van der Waals surface area contributed by atoms with E-state index in [2.05, 4.69) is 4.98 Å². The molecule has 25 heavy (non-hydrogen) atoms. The van der Waals surface area contributed by atoms with E-state index in [9.17, 15) is 4.79 Å². The van der Waals surface area contributed by atoms with Gasteiger partial charge >= 0.3 is 0 Å². The number of ether oxygens (including phenoxy) is 1. The number of hydrogen-bond acceptors (Lipinski definition) is 4. The minimum atomic E-state index is 0.283. The standard InChI is InChI=1S/C20H27N3O2/c1-3-5-19(24)23-10-8-15(9-11-23)13-25-18-7-4-6-17-20(18)16(21)12-14(2)22-17/h4,6-7,12,15H,3,5,8-11,13H2,1-2H3,(H2,21,22). The smallest absolute Gasteiger partial charge is 0.222 e. The third kappa shape index (κ3) is 4.03. The molecule has 0 bridgehead atoms. The van der Waals surface area contributed by atoms with Crippen molar-refractivity contribution in [1.29, 1.82) is 0 Å². The molecule has 1 aromatic heterocycles. The van der Waals surface area contributed by atoms with E-state index in [1.54, 1.807) is 0 Å². The van der Waals surface area contributed by atoms with Crippen molar-refractivity contribution in [1.82, 2.24) is 9.88 Å². The fourth-order valence-corrected chi connectivity index (χ4v) is 3.47. The minimum absolute atomic E-state index is 0.283. The quantitative estimate of drug-likeness (QED) is 0.903. The summed E-state index contributed by atoms with van der Waals surface area (Å²) >= 11 is 0. The molecule has 0 saturated carbocycles. The maximum atomic E-state index is 12.0. The lowest BCUT2D eigenvalue weighted by Gasteiger charge is -2.32. The number of rotatable bonds is 5. The number of aromatic nitrogens is 1. The number of nitrogen functional groups attached to an aromatic ring is 1. The highest BCUT2D eigenvalue weighted by atomic mass is 16.5. The van der Waals surface area contributed by atoms with Crippen LogP contribution in [0.15, 0.2) is 24.3 Å². The average molecular weight is 341 g/mol. The number of amides is 1. The van der Waals surface area contributed by atoms with Crippen LogP contribution in [0.4, 0.5) is 5.69 Å². The molecule has 2 aromatic rings. The largest absolute Gasteiger partial charge is 0.493 e. The lowest BCUT2D eigenvalue weighted by molar-refractivity contribution is -0.132. The minimum Gasteiger partial charge on any atom is -0.493 e. The third-order valence-electron chi connectivity index (χ3n) is 4.86. The number of aryl methyl sites for hydroxylation is 1. The van der Waals surface area contributed by atoms with E-state index in [0.29, 0.717) is 24.6 Å². The molecule has 0 aliphatic carbocycles. The number of anilines is 1. The van der Waals surface area contributed by atoms with Crippen LogP contribution >= 0.6 is 0 Å². The molecule has 0 spiro atoms. The van der Waals surface area contributed by atoms with Gasteiger partial charge in [0.25, 0.3) is 0 Å². The molecular formula is C20H27N3O2. The van der Waals surface area contributed by atoms with E-state index >= 15 is 0 Å². The first kappa shape index (κ1) is 17.5. The van der Waals surface area contributed by atoms with Crippen LogP contribution in [0.3, 0.4) is 0 Å². The summed E-state index contributed by atoms with van der Waals surface area (Å²) in [4.78, 5) is 18.5. The molecule has 2 heterocycles. The molecule has 3 rings (SSSR count). The molecule has 0 radical (unpaired) electrons. The Morgan fingerprint density at radius 3 is 2.84 bits per heavy atom. The van der Waals surface area contributed by atoms with Gasteiger partial charge in [0.2, 0.25) is 5.91 Å². The summed E-state index contributed by atoms with van der Waals surface area (Å²) in [7, 11) is 0. The van der Waals surface area contributed by atoms with Crippen LogP contribution in [0.25, 0.3) is 10.9 Å². The molecule has 134 valence electrons. The van der Waals surface area contributed by atoms with Crippen LogP contribution in [-0.2, 0) is 4.79 Å². The molecule has 0 unspecified atom stereocenters. The maximum absolute atomic E-state index is 12.0. The van der Waals surface area contributed by atoms with Gasteiger partial charge in [0, 0.05) is 30.9 Å². The Morgan fingerprint density at radius 2 is 2.12 bits per heavy atom. The van der Waals surface area contributed by atoms with E-state index in [0.717, 1.165) is 54.7 Å². The van der Waals surface area contributed by atoms with Gasteiger partial charge in [0.15, 0.2) is 0 Å². The van der Waals surface area contributed by atoms with Gasteiger partial charge in [0.1, 0.15) is 5.75 Å². The van der Waals surface area contributed by atoms with E-state index in [-0.39, 0.29) is 5.91 Å². The van der Waals surface area contributed by atoms with Crippen molar-refractivity contribution in [2.24, 2.45) is 5.92 Å². The predicted molar refractivity (Wildman–Crippen MR) is 101 cm³/mol. The Balaban J connectivity index is 1.62. The number of fused-ring (bicyclic) bond motifs is 1. The molecule has 0 atom stereocenters. The molecule has 1 saturated heterocycles. The Morgan fingerprint density at radius 1 is 1.36 bits per heavy atom. The van der Waals surface area contributed by atoms with Crippen molar-refractivity contribution in [2.45, 2.75) is 39.5 Å². The maximum Gasteiger partial charge on any atom is 0.222 e. The third-order valence-corrected chi connectivity index (χ3v) is 4.86. The molecule has 1 fully saturated rings. The lowest BCUT2D eigenvalue weighted by atomic mass is 9.97. The summed E-state index contributed by atoms with van der Waals surface area (Å²) in [6, 6.07) is 7.75. The van der Waals surface area contributed by atoms with Gasteiger partial charge in [-0.2, -0.15) is 0 Å². The number of nitrogens with zero attached hydrogens (tertiary/aromatic N) is 2. The van der Waals surface area contributed by atoms with Crippen LogP contribution in [0.2, 0.25) is 0 Å². The molecule has 1 aromatic carbocycles. The van der Waals surface area contributed by atoms with Gasteiger partial charge in [0.05, 0.1) is 17.5 Å². The molecule has 2 N–H and O–H groups in total. The number of carbonyl (C=O) groups excluding carboxylic acids is 1. The van der Waals surface area contributed by atoms with Crippen molar-refractivity contribution >= 4 is 22.5 Å². The van der Waals surface area contributed by atoms with E-state index in [4.69, 9.17) is 10.5 Å². The molecular weight excluding hydrogens is 314 g/mol. The van der Waals surface area contributed by atoms with Gasteiger partial charge in [-0.05, 0) is 50.3 Å². The first-order chi connectivity index (χ1) is 12.1. The second kappa shape index (κ2) is 7.72. The van der Waals surface area contributed by atoms with Crippen molar-refractivity contribution in [3.8, 4) is 5.75 Å². The van der Waals surface area contributed by atoms with Crippen LogP contribution in [0.1, 0.15) is 38.3 Å². The summed E-state index contributed by atoms with van der Waals surface area (Å²) in [5, 5.41) is 0.892. The number of carbonyl (C=O) groups is 1. The summed E-state index contributed by atoms with van der Waals surface area (Å²) < 4.78 is 6.10. The van der Waals surface area contributed by atoms with Gasteiger partial charge in [-0.15, -0.1) is 0 Å². The van der Waals surface area contributed by atoms with E-state index < -0.39 is 0 Å². The Hall–Kier alpha value is -2.30. The number of likely N-dealkylation sites (tertiary alicyclic amines) is 1. The number of piperidine rings is 1. The summed E-state index contributed by atoms with van der Waals surface area (Å²) in [6.45, 7) is 6.32. The summed E-state index contributed by atoms with van der Waals surface area (Å²) in [6.07, 6.45) is 3.56. The summed E-state index contributed by atoms with van der Waals surface area (Å²) in [5.41, 5.74) is 8.67. The van der Waals surface area contributed by atoms with Crippen LogP contribution < -0.4 is 10.5 Å². The molecule has 1 amide bonds. The Kier molecular flexibility index (Phi) is 5.41. The monoisotopic (exact) mass is 341 g/mol. The predicted octanol–water partition coefficient (Wildman–Crippen LogP) is 3.54. The SMILES string of the molecule is CCCC(=O)N1CCC(COc2cccc3nc(C)cc(N)c23)CC1. The molecule has 1 aliphatic rings. The van der Waals surface area contributed by atoms with Gasteiger partial charge in [-0.1, -0.05) is 13.0 Å². The van der Waals surface area contributed by atoms with Gasteiger partial charge in [-0.3, -0.25) is 9.78 Å². The molecule has 5 heteroatoms. The van der Waals surface area contributed by atoms with E-state index in [1.807, 2.05) is 43.0 Å². The van der Waals surface area contributed by atoms with Crippen LogP contribution in [0, 0.1) is 12.8 Å². The zero-order valence-electron chi connectivity index (χ0n) is 15.1. The first-order valence-corrected chi connectivity index (χ1v) is 9.15. The molecule has 1 aliphatic heterocycles. The fourth-order valence-electron chi connectivity index (χ4n) is 3.47. The highest BCUT2D eigenvalue weighted by Crippen LogP contribution is 2.31. The first-order valence-electron chi connectivity index (χ1n) is 9.15. The van der Waals surface area contributed by atoms with Gasteiger partial charge < -0.3 is 15.4 Å². The molecule has 5 nitrogen and oxygen atoms in total. The summed E-state index contributed by atoms with van der Waals surface area (Å²) in [5.74, 6) is 1.55. The Bertz CT molecular complexity index is 752. The van der Waals surface area contributed by atoms with Crippen LogP contribution in [-0.4, -0.2) is 35.5 Å². The van der Waals surface area contributed by atoms with Crippen molar-refractivity contribution in [3.63, 3.8) is 0 Å². The number of nitrogens with two attached hydrogens (primary N) is 1. The van der Waals surface area contributed by atoms with Crippen molar-refractivity contribution in [3.05, 3.63) is 30.0 Å². The van der Waals surface area contributed by atoms with Gasteiger partial charge in [-0.25, -0.2) is 0 Å². The second-order valence-corrected chi connectivity index (χ2v) is 6.89. The second-order valence-electron chi connectivity index (χ2n) is 6.89. The van der Waals surface area contributed by atoms with Crippen molar-refractivity contribution in [2.75, 3.05) is 25.4 Å². The van der Waals surface area contributed by atoms with Crippen molar-refractivity contribution < 1.29 is 9.53 Å². The number of benzene rings is 1. The van der Waals surface area contributed by atoms with E-state index in [1.165, 1.54) is 0 Å². The Labute approximate surface area is 149 Å². The van der Waals surface area contributed by atoms with Crippen LogP contribution in [0.5, 0.6) is 5.75 Å². The fraction of sp³-hybridized carbons (Fsp3) is 0.500. The zero-order chi connectivity index (χ0) is 17.8. The lowest BCUT2D eigenvalue weighted by Crippen LogP contribution is -2.39. The zero-order valence-corrected chi connectivity index (χ0v) is 15.1. The normalized spacial score (nSPS) is 15.5. The topological polar surface area (TPSA) is 68.5 Å². The number of pyridine rings is 1.